The third kappa shape index (κ3) is 3.80. The summed E-state index contributed by atoms with van der Waals surface area (Å²) in [6.07, 6.45) is 7.48. The van der Waals surface area contributed by atoms with E-state index in [1.807, 2.05) is 22.8 Å². The zero-order valence-corrected chi connectivity index (χ0v) is 20.0. The molecule has 1 saturated heterocycles. The van der Waals surface area contributed by atoms with Crippen molar-refractivity contribution < 1.29 is 13.9 Å². The molecule has 5 fully saturated rings. The predicted molar refractivity (Wildman–Crippen MR) is 130 cm³/mol. The molecule has 1 aliphatic heterocycles. The van der Waals surface area contributed by atoms with E-state index >= 15 is 4.39 Å². The quantitative estimate of drug-likeness (QED) is 0.414. The van der Waals surface area contributed by atoms with Gasteiger partial charge in [0.1, 0.15) is 17.8 Å². The molecule has 4 saturated carbocycles. The Balaban J connectivity index is 1.04. The molecule has 0 unspecified atom stereocenters. The number of halogens is 1. The lowest BCUT2D eigenvalue weighted by Crippen LogP contribution is -2.68. The Kier molecular flexibility index (Phi) is 5.16. The lowest BCUT2D eigenvalue weighted by atomic mass is 9.50. The van der Waals surface area contributed by atoms with Gasteiger partial charge >= 0.3 is 6.09 Å². The van der Waals surface area contributed by atoms with Gasteiger partial charge in [-0.3, -0.25) is 5.10 Å². The van der Waals surface area contributed by atoms with Gasteiger partial charge in [-0.05, 0) is 70.0 Å². The number of aromatic nitrogens is 5. The van der Waals surface area contributed by atoms with Gasteiger partial charge in [0, 0.05) is 29.1 Å². The number of amides is 1. The fraction of sp³-hybridized carbons (Fsp3) is 0.600. The summed E-state index contributed by atoms with van der Waals surface area (Å²) in [5, 5.41) is 21.4. The zero-order valence-electron chi connectivity index (χ0n) is 20.0. The highest BCUT2D eigenvalue weighted by Crippen LogP contribution is 2.57. The van der Waals surface area contributed by atoms with Crippen molar-refractivity contribution in [3.05, 3.63) is 35.9 Å². The first-order valence-corrected chi connectivity index (χ1v) is 13.1. The molecule has 2 bridgehead atoms. The second-order valence-electron chi connectivity index (χ2n) is 11.0. The van der Waals surface area contributed by atoms with Crippen molar-refractivity contribution in [3.8, 4) is 0 Å². The molecule has 11 heteroatoms. The van der Waals surface area contributed by atoms with Gasteiger partial charge in [-0.2, -0.15) is 10.2 Å². The second kappa shape index (κ2) is 8.43. The van der Waals surface area contributed by atoms with E-state index in [2.05, 4.69) is 31.2 Å². The topological polar surface area (TPSA) is 121 Å². The van der Waals surface area contributed by atoms with E-state index in [9.17, 15) is 4.79 Å². The predicted octanol–water partition coefficient (Wildman–Crippen LogP) is 3.53. The van der Waals surface area contributed by atoms with Crippen LogP contribution in [0.25, 0.3) is 5.52 Å². The summed E-state index contributed by atoms with van der Waals surface area (Å²) in [5.74, 6) is 1.98. The van der Waals surface area contributed by atoms with Crippen LogP contribution in [-0.4, -0.2) is 61.8 Å². The van der Waals surface area contributed by atoms with Crippen LogP contribution in [0.4, 0.5) is 20.8 Å². The number of hydrogen-bond acceptors (Lipinski definition) is 7. The number of ether oxygens (including phenoxy) is 1. The van der Waals surface area contributed by atoms with E-state index in [-0.39, 0.29) is 5.54 Å². The number of anilines is 2. The third-order valence-corrected chi connectivity index (χ3v) is 8.58. The molecule has 36 heavy (non-hydrogen) atoms. The fourth-order valence-electron chi connectivity index (χ4n) is 6.45. The number of aromatic amines is 1. The molecule has 5 aliphatic rings. The van der Waals surface area contributed by atoms with Crippen LogP contribution >= 0.6 is 0 Å². The SMILES string of the molecule is O=C(NC12CC(C1)C2)O[C@H]1CC[C@@H](c2cc(Nc3nc(C4CCNCC4)cn4nccc34)n[nH]2)[C@H]1F. The van der Waals surface area contributed by atoms with Crippen molar-refractivity contribution in [2.75, 3.05) is 18.4 Å². The van der Waals surface area contributed by atoms with Crippen molar-refractivity contribution >= 4 is 23.2 Å². The number of alkyl halides is 1. The maximum Gasteiger partial charge on any atom is 0.407 e. The Morgan fingerprint density at radius 3 is 2.81 bits per heavy atom. The molecule has 3 aromatic heterocycles. The third-order valence-electron chi connectivity index (χ3n) is 8.58. The van der Waals surface area contributed by atoms with Gasteiger partial charge in [-0.25, -0.2) is 18.7 Å². The lowest BCUT2D eigenvalue weighted by molar-refractivity contribution is -0.0532. The summed E-state index contributed by atoms with van der Waals surface area (Å²) in [6, 6.07) is 3.73. The van der Waals surface area contributed by atoms with Gasteiger partial charge in [0.2, 0.25) is 0 Å². The van der Waals surface area contributed by atoms with Gasteiger partial charge < -0.3 is 20.7 Å². The minimum absolute atomic E-state index is 0.0738. The first-order valence-electron chi connectivity index (χ1n) is 13.1. The van der Waals surface area contributed by atoms with E-state index in [0.29, 0.717) is 36.1 Å². The largest absolute Gasteiger partial charge is 0.443 e. The van der Waals surface area contributed by atoms with Crippen LogP contribution in [0, 0.1) is 5.92 Å². The second-order valence-corrected chi connectivity index (χ2v) is 11.0. The van der Waals surface area contributed by atoms with Gasteiger partial charge in [-0.15, -0.1) is 0 Å². The lowest BCUT2D eigenvalue weighted by Gasteiger charge is -2.61. The Hall–Kier alpha value is -3.21. The highest BCUT2D eigenvalue weighted by atomic mass is 19.1. The minimum atomic E-state index is -1.28. The summed E-state index contributed by atoms with van der Waals surface area (Å²) in [5.41, 5.74) is 2.47. The van der Waals surface area contributed by atoms with Crippen LogP contribution in [0.3, 0.4) is 0 Å². The summed E-state index contributed by atoms with van der Waals surface area (Å²) < 4.78 is 22.6. The van der Waals surface area contributed by atoms with E-state index in [1.165, 1.54) is 0 Å². The van der Waals surface area contributed by atoms with E-state index in [0.717, 1.165) is 62.3 Å². The minimum Gasteiger partial charge on any atom is -0.443 e. The van der Waals surface area contributed by atoms with Gasteiger partial charge in [-0.1, -0.05) is 0 Å². The number of hydrogen-bond donors (Lipinski definition) is 4. The van der Waals surface area contributed by atoms with Crippen LogP contribution in [0.1, 0.15) is 68.2 Å². The first-order chi connectivity index (χ1) is 17.6. The van der Waals surface area contributed by atoms with Gasteiger partial charge in [0.05, 0.1) is 18.1 Å². The number of carbonyl (C=O) groups excluding carboxylic acids is 1. The van der Waals surface area contributed by atoms with Crippen molar-refractivity contribution in [3.63, 3.8) is 0 Å². The monoisotopic (exact) mass is 494 g/mol. The Morgan fingerprint density at radius 2 is 2.03 bits per heavy atom. The van der Waals surface area contributed by atoms with Crippen LogP contribution in [-0.2, 0) is 4.74 Å². The summed E-state index contributed by atoms with van der Waals surface area (Å²) in [7, 11) is 0. The van der Waals surface area contributed by atoms with Gasteiger partial charge in [0.25, 0.3) is 0 Å². The number of rotatable bonds is 6. The summed E-state index contributed by atoms with van der Waals surface area (Å²) in [4.78, 5) is 17.2. The molecule has 8 rings (SSSR count). The molecule has 4 N–H and O–H groups in total. The highest BCUT2D eigenvalue weighted by molar-refractivity contribution is 5.72. The van der Waals surface area contributed by atoms with E-state index < -0.39 is 24.3 Å². The number of fused-ring (bicyclic) bond motifs is 1. The normalized spacial score (nSPS) is 31.6. The number of alkyl carbamates (subject to hydrolysis) is 1. The summed E-state index contributed by atoms with van der Waals surface area (Å²) >= 11 is 0. The molecule has 3 atom stereocenters. The maximum atomic E-state index is 15.3. The van der Waals surface area contributed by atoms with Crippen LogP contribution < -0.4 is 16.0 Å². The maximum absolute atomic E-state index is 15.3. The van der Waals surface area contributed by atoms with Crippen LogP contribution in [0.15, 0.2) is 24.5 Å². The fourth-order valence-corrected chi connectivity index (χ4v) is 6.45. The molecular formula is C25H31FN8O2. The Labute approximate surface area is 207 Å². The standard InChI is InChI=1S/C25H31FN8O2/c26-22-16(1-2-20(22)36-24(35)31-25-10-14(11-25)12-25)17-9-21(33-32-17)30-23-19-5-8-28-34(19)13-18(29-23)15-3-6-27-7-4-15/h5,8-9,13-16,20,22,27H,1-4,6-7,10-12H2,(H,31,35)(H2,29,30,32,33)/t14?,16-,20-,22+,25?/m0/s1. The molecule has 10 nitrogen and oxygen atoms in total. The van der Waals surface area contributed by atoms with E-state index in [4.69, 9.17) is 9.72 Å². The average molecular weight is 495 g/mol. The van der Waals surface area contributed by atoms with Crippen molar-refractivity contribution in [1.82, 2.24) is 35.4 Å². The molecule has 190 valence electrons. The number of nitrogens with one attached hydrogen (secondary N) is 4. The average Bonchev–Trinajstić information content (AvgIpc) is 3.57. The number of piperidine rings is 1. The molecule has 0 spiro atoms. The molecular weight excluding hydrogens is 463 g/mol. The summed E-state index contributed by atoms with van der Waals surface area (Å²) in [6.45, 7) is 1.96. The molecule has 4 aliphatic carbocycles. The zero-order chi connectivity index (χ0) is 24.3. The Morgan fingerprint density at radius 1 is 1.19 bits per heavy atom. The smallest absolute Gasteiger partial charge is 0.407 e. The highest BCUT2D eigenvalue weighted by Gasteiger charge is 2.58. The number of carbonyl (C=O) groups is 1. The first kappa shape index (κ1) is 22.0. The molecule has 4 heterocycles. The molecule has 3 aromatic rings. The van der Waals surface area contributed by atoms with Crippen molar-refractivity contribution in [2.45, 2.75) is 74.6 Å². The number of nitrogens with zero attached hydrogens (tertiary/aromatic N) is 4. The van der Waals surface area contributed by atoms with Crippen LogP contribution in [0.5, 0.6) is 0 Å². The number of H-pyrrole nitrogens is 1. The van der Waals surface area contributed by atoms with E-state index in [1.54, 1.807) is 6.20 Å². The molecule has 0 radical (unpaired) electrons. The van der Waals surface area contributed by atoms with Gasteiger partial charge in [0.15, 0.2) is 11.6 Å². The Bertz CT molecular complexity index is 1270. The molecule has 1 amide bonds. The van der Waals surface area contributed by atoms with Crippen molar-refractivity contribution in [1.29, 1.82) is 0 Å². The van der Waals surface area contributed by atoms with Crippen molar-refractivity contribution in [2.24, 2.45) is 5.92 Å². The molecule has 0 aromatic carbocycles. The van der Waals surface area contributed by atoms with Crippen LogP contribution in [0.2, 0.25) is 0 Å².